The normalized spacial score (nSPS) is 14.2. The quantitative estimate of drug-likeness (QED) is 0.227. The van der Waals surface area contributed by atoms with Crippen LogP contribution in [0.1, 0.15) is 25.0 Å². The summed E-state index contributed by atoms with van der Waals surface area (Å²) < 4.78 is 5.19. The highest BCUT2D eigenvalue weighted by Gasteiger charge is 2.35. The zero-order chi connectivity index (χ0) is 23.3. The molecule has 0 amide bonds. The van der Waals surface area contributed by atoms with Gasteiger partial charge in [-0.05, 0) is 52.6 Å². The molecule has 1 nitrogen and oxygen atoms in total. The molecule has 7 aromatic rings. The zero-order valence-corrected chi connectivity index (χ0v) is 20.5. The topological polar surface area (TPSA) is 4.93 Å². The van der Waals surface area contributed by atoms with E-state index < -0.39 is 0 Å². The standard InChI is InChI=1S/C33H23NS/c1-33(2)27-14-8-6-12-21(27)25-18-26-24-17-16-23-22-13-7-9-15-29(22)34(20-10-4-3-5-11-20)31(23)32(24)35-30(26)19-28(25)33/h3-19H,1-2H3. The average molecular weight is 466 g/mol. The molecule has 2 heterocycles. The van der Waals surface area contributed by atoms with Gasteiger partial charge >= 0.3 is 0 Å². The number of para-hydroxylation sites is 2. The highest BCUT2D eigenvalue weighted by Crippen LogP contribution is 2.52. The minimum Gasteiger partial charge on any atom is -0.308 e. The molecule has 5 aromatic carbocycles. The molecule has 0 atom stereocenters. The van der Waals surface area contributed by atoms with Crippen LogP contribution in [0.2, 0.25) is 0 Å². The molecule has 0 aliphatic heterocycles. The van der Waals surface area contributed by atoms with Crippen LogP contribution in [0, 0.1) is 0 Å². The molecule has 0 N–H and O–H groups in total. The number of nitrogens with zero attached hydrogens (tertiary/aromatic N) is 1. The molecular weight excluding hydrogens is 442 g/mol. The molecular formula is C33H23NS. The lowest BCUT2D eigenvalue weighted by Crippen LogP contribution is -2.14. The summed E-state index contributed by atoms with van der Waals surface area (Å²) in [4.78, 5) is 0. The van der Waals surface area contributed by atoms with Crippen molar-refractivity contribution in [2.24, 2.45) is 0 Å². The third-order valence-corrected chi connectivity index (χ3v) is 9.17. The van der Waals surface area contributed by atoms with Crippen LogP contribution in [-0.4, -0.2) is 4.57 Å². The van der Waals surface area contributed by atoms with Crippen LogP contribution >= 0.6 is 11.3 Å². The number of aromatic nitrogens is 1. The van der Waals surface area contributed by atoms with E-state index >= 15 is 0 Å². The second kappa shape index (κ2) is 6.62. The summed E-state index contributed by atoms with van der Waals surface area (Å²) in [5, 5.41) is 5.34. The van der Waals surface area contributed by atoms with Crippen molar-refractivity contribution < 1.29 is 0 Å². The number of thiophene rings is 1. The van der Waals surface area contributed by atoms with Crippen LogP contribution in [0.4, 0.5) is 0 Å². The van der Waals surface area contributed by atoms with Crippen LogP contribution in [0.5, 0.6) is 0 Å². The van der Waals surface area contributed by atoms with E-state index in [4.69, 9.17) is 0 Å². The van der Waals surface area contributed by atoms with Crippen molar-refractivity contribution in [2.75, 3.05) is 0 Å². The summed E-state index contributed by atoms with van der Waals surface area (Å²) >= 11 is 1.94. The van der Waals surface area contributed by atoms with Crippen LogP contribution < -0.4 is 0 Å². The summed E-state index contributed by atoms with van der Waals surface area (Å²) in [7, 11) is 0. The Balaban J connectivity index is 1.54. The van der Waals surface area contributed by atoms with E-state index in [1.165, 1.54) is 69.9 Å². The summed E-state index contributed by atoms with van der Waals surface area (Å²) in [6.45, 7) is 4.73. The van der Waals surface area contributed by atoms with Gasteiger partial charge in [-0.15, -0.1) is 11.3 Å². The molecule has 1 aliphatic rings. The van der Waals surface area contributed by atoms with Gasteiger partial charge in [0.2, 0.25) is 0 Å². The minimum absolute atomic E-state index is 0.0184. The first-order valence-electron chi connectivity index (χ1n) is 12.2. The van der Waals surface area contributed by atoms with Crippen molar-refractivity contribution >= 4 is 53.3 Å². The van der Waals surface area contributed by atoms with Crippen molar-refractivity contribution in [3.63, 3.8) is 0 Å². The SMILES string of the molecule is CC1(C)c2ccccc2-c2cc3c(cc21)sc1c3ccc2c3ccccc3n(-c3ccccc3)c21. The Kier molecular flexibility index (Phi) is 3.67. The summed E-state index contributed by atoms with van der Waals surface area (Å²) in [5.41, 5.74) is 9.45. The molecule has 0 spiro atoms. The van der Waals surface area contributed by atoms with Crippen molar-refractivity contribution in [3.05, 3.63) is 114 Å². The van der Waals surface area contributed by atoms with Gasteiger partial charge in [0.05, 0.1) is 15.7 Å². The van der Waals surface area contributed by atoms with Gasteiger partial charge in [-0.3, -0.25) is 0 Å². The Bertz CT molecular complexity index is 1970. The van der Waals surface area contributed by atoms with Gasteiger partial charge in [-0.2, -0.15) is 0 Å². The van der Waals surface area contributed by atoms with Gasteiger partial charge in [0.15, 0.2) is 0 Å². The fraction of sp³-hybridized carbons (Fsp3) is 0.0909. The van der Waals surface area contributed by atoms with E-state index in [0.29, 0.717) is 0 Å². The maximum absolute atomic E-state index is 2.47. The van der Waals surface area contributed by atoms with Gasteiger partial charge in [0.1, 0.15) is 0 Å². The van der Waals surface area contributed by atoms with Crippen molar-refractivity contribution in [2.45, 2.75) is 19.3 Å². The third kappa shape index (κ3) is 2.42. The summed E-state index contributed by atoms with van der Waals surface area (Å²) in [6.07, 6.45) is 0. The molecule has 0 saturated heterocycles. The van der Waals surface area contributed by atoms with Gasteiger partial charge in [0.25, 0.3) is 0 Å². The highest BCUT2D eigenvalue weighted by molar-refractivity contribution is 7.26. The first-order chi connectivity index (χ1) is 17.1. The summed E-state index contributed by atoms with van der Waals surface area (Å²) in [6, 6.07) is 38.1. The molecule has 0 unspecified atom stereocenters. The Morgan fingerprint density at radius 1 is 0.600 bits per heavy atom. The maximum Gasteiger partial charge on any atom is 0.0719 e. The fourth-order valence-electron chi connectivity index (χ4n) is 6.32. The van der Waals surface area contributed by atoms with Crippen molar-refractivity contribution in [1.82, 2.24) is 4.57 Å². The smallest absolute Gasteiger partial charge is 0.0719 e. The minimum atomic E-state index is 0.0184. The molecule has 2 heteroatoms. The van der Waals surface area contributed by atoms with E-state index in [2.05, 4.69) is 122 Å². The molecule has 8 rings (SSSR count). The predicted molar refractivity (Wildman–Crippen MR) is 151 cm³/mol. The monoisotopic (exact) mass is 465 g/mol. The number of rotatable bonds is 1. The van der Waals surface area contributed by atoms with E-state index in [1.807, 2.05) is 11.3 Å². The van der Waals surface area contributed by atoms with Gasteiger partial charge in [-0.1, -0.05) is 86.6 Å². The van der Waals surface area contributed by atoms with Gasteiger partial charge in [0, 0.05) is 37.3 Å². The molecule has 166 valence electrons. The van der Waals surface area contributed by atoms with Gasteiger partial charge in [-0.25, -0.2) is 0 Å². The second-order valence-corrected chi connectivity index (χ2v) is 11.2. The lowest BCUT2D eigenvalue weighted by molar-refractivity contribution is 0.661. The number of hydrogen-bond donors (Lipinski definition) is 0. The van der Waals surface area contributed by atoms with Crippen LogP contribution in [0.25, 0.3) is 58.8 Å². The zero-order valence-electron chi connectivity index (χ0n) is 19.7. The van der Waals surface area contributed by atoms with Crippen molar-refractivity contribution in [1.29, 1.82) is 0 Å². The van der Waals surface area contributed by atoms with Crippen molar-refractivity contribution in [3.8, 4) is 16.8 Å². The molecule has 0 bridgehead atoms. The number of fused-ring (bicyclic) bond motifs is 10. The Morgan fingerprint density at radius 3 is 2.23 bits per heavy atom. The first kappa shape index (κ1) is 19.4. The number of hydrogen-bond acceptors (Lipinski definition) is 1. The van der Waals surface area contributed by atoms with E-state index in [-0.39, 0.29) is 5.41 Å². The molecule has 35 heavy (non-hydrogen) atoms. The molecule has 0 radical (unpaired) electrons. The van der Waals surface area contributed by atoms with E-state index in [9.17, 15) is 0 Å². The lowest BCUT2D eigenvalue weighted by Gasteiger charge is -2.21. The third-order valence-electron chi connectivity index (χ3n) is 7.99. The molecule has 1 aliphatic carbocycles. The Labute approximate surface area is 207 Å². The Hall–Kier alpha value is -3.88. The first-order valence-corrected chi connectivity index (χ1v) is 13.0. The molecule has 0 saturated carbocycles. The van der Waals surface area contributed by atoms with Gasteiger partial charge < -0.3 is 4.57 Å². The molecule has 2 aromatic heterocycles. The lowest BCUT2D eigenvalue weighted by atomic mass is 9.82. The predicted octanol–water partition coefficient (Wildman–Crippen LogP) is 9.46. The second-order valence-electron chi connectivity index (χ2n) is 10.2. The van der Waals surface area contributed by atoms with Crippen LogP contribution in [0.15, 0.2) is 103 Å². The fourth-order valence-corrected chi connectivity index (χ4v) is 7.58. The van der Waals surface area contributed by atoms with E-state index in [1.54, 1.807) is 0 Å². The number of benzene rings is 5. The molecule has 0 fully saturated rings. The largest absolute Gasteiger partial charge is 0.308 e. The van der Waals surface area contributed by atoms with Crippen LogP contribution in [-0.2, 0) is 5.41 Å². The highest BCUT2D eigenvalue weighted by atomic mass is 32.1. The van der Waals surface area contributed by atoms with Crippen LogP contribution in [0.3, 0.4) is 0 Å². The summed E-state index contributed by atoms with van der Waals surface area (Å²) in [5.74, 6) is 0. The Morgan fingerprint density at radius 2 is 1.34 bits per heavy atom. The maximum atomic E-state index is 2.47. The average Bonchev–Trinajstić information content (AvgIpc) is 3.50. The van der Waals surface area contributed by atoms with E-state index in [0.717, 1.165) is 0 Å².